The van der Waals surface area contributed by atoms with Crippen LogP contribution in [0.3, 0.4) is 0 Å². The summed E-state index contributed by atoms with van der Waals surface area (Å²) in [5.74, 6) is 0. The van der Waals surface area contributed by atoms with Gasteiger partial charge in [-0.1, -0.05) is 40.8 Å². The van der Waals surface area contributed by atoms with Crippen molar-refractivity contribution < 1.29 is 50.7 Å². The van der Waals surface area contributed by atoms with Crippen LogP contribution in [0.25, 0.3) is 0 Å². The van der Waals surface area contributed by atoms with Gasteiger partial charge in [0.1, 0.15) is 0 Å². The van der Waals surface area contributed by atoms with Crippen LogP contribution in [0.5, 0.6) is 0 Å². The second kappa shape index (κ2) is 17.4. The Morgan fingerprint density at radius 3 is 1.10 bits per heavy atom. The fourth-order valence-electron chi connectivity index (χ4n) is 1.20. The third kappa shape index (κ3) is 13.4. The first-order valence-corrected chi connectivity index (χ1v) is 8.45. The van der Waals surface area contributed by atoms with Crippen LogP contribution >= 0.6 is 0 Å². The van der Waals surface area contributed by atoms with Gasteiger partial charge in [0, 0.05) is 9.52 Å². The van der Waals surface area contributed by atoms with Gasteiger partial charge in [0.15, 0.2) is 0 Å². The summed E-state index contributed by atoms with van der Waals surface area (Å²) < 4.78 is 0. The zero-order valence-corrected chi connectivity index (χ0v) is 19.6. The van der Waals surface area contributed by atoms with Gasteiger partial charge in [-0.2, -0.15) is 34.4 Å². The van der Waals surface area contributed by atoms with Crippen LogP contribution < -0.4 is 24.8 Å². The Balaban J connectivity index is -0.0000000956. The Bertz CT molecular complexity index is 337. The van der Waals surface area contributed by atoms with Crippen molar-refractivity contribution >= 4 is 9.52 Å². The number of hydrogen-bond acceptors (Lipinski definition) is 0. The van der Waals surface area contributed by atoms with E-state index in [2.05, 4.69) is 77.2 Å². The smallest absolute Gasteiger partial charge is 1.00 e. The molecule has 0 aromatic heterocycles. The maximum Gasteiger partial charge on any atom is 4.00 e. The molecule has 111 valence electrons. The van der Waals surface area contributed by atoms with E-state index in [4.69, 9.17) is 0 Å². The summed E-state index contributed by atoms with van der Waals surface area (Å²) in [6.07, 6.45) is 0. The average molecular weight is 495 g/mol. The monoisotopic (exact) mass is 495 g/mol. The summed E-state index contributed by atoms with van der Waals surface area (Å²) in [7, 11) is 0.750. The van der Waals surface area contributed by atoms with E-state index in [0.717, 1.165) is 9.52 Å². The summed E-state index contributed by atoms with van der Waals surface area (Å²) in [5.41, 5.74) is 5.56. The molecule has 2 aromatic carbocycles. The molecule has 0 amide bonds. The minimum atomic E-state index is 0. The SMILES string of the molecule is C[SiH]C.Cc1ccc[c-]1C.Cc1ccc[c-]1C.[Cl-].[Cl-].[Hf+4]. The second-order valence-corrected chi connectivity index (χ2v) is 5.52. The van der Waals surface area contributed by atoms with E-state index in [1.165, 1.54) is 22.3 Å². The normalized spacial score (nSPS) is 7.50. The molecule has 0 heterocycles. The van der Waals surface area contributed by atoms with Crippen molar-refractivity contribution in [1.29, 1.82) is 0 Å². The molecular formula is C16H25Cl2HfSi. The predicted molar refractivity (Wildman–Crippen MR) is 81.9 cm³/mol. The van der Waals surface area contributed by atoms with Crippen LogP contribution in [-0.2, 0) is 25.8 Å². The molecule has 0 aliphatic rings. The first-order valence-electron chi connectivity index (χ1n) is 6.14. The van der Waals surface area contributed by atoms with Crippen molar-refractivity contribution in [2.24, 2.45) is 0 Å². The van der Waals surface area contributed by atoms with Crippen molar-refractivity contribution in [1.82, 2.24) is 0 Å². The number of aryl methyl sites for hydroxylation is 4. The zero-order chi connectivity index (χ0) is 13.3. The van der Waals surface area contributed by atoms with Crippen molar-refractivity contribution in [3.8, 4) is 0 Å². The molecule has 0 saturated heterocycles. The Morgan fingerprint density at radius 1 is 0.800 bits per heavy atom. The van der Waals surface area contributed by atoms with Crippen LogP contribution in [0, 0.1) is 27.7 Å². The summed E-state index contributed by atoms with van der Waals surface area (Å²) >= 11 is 0. The minimum Gasteiger partial charge on any atom is -1.00 e. The molecule has 4 heteroatoms. The molecule has 0 spiro atoms. The van der Waals surface area contributed by atoms with E-state index in [9.17, 15) is 0 Å². The number of halogens is 2. The molecule has 0 aliphatic heterocycles. The van der Waals surface area contributed by atoms with Gasteiger partial charge in [-0.25, -0.2) is 24.3 Å². The zero-order valence-electron chi connectivity index (χ0n) is 13.3. The first kappa shape index (κ1) is 28.5. The van der Waals surface area contributed by atoms with Gasteiger partial charge in [-0.3, -0.25) is 0 Å². The second-order valence-electron chi connectivity index (χ2n) is 4.36. The van der Waals surface area contributed by atoms with Crippen LogP contribution in [-0.4, -0.2) is 9.52 Å². The Labute approximate surface area is 158 Å². The van der Waals surface area contributed by atoms with Crippen LogP contribution in [0.2, 0.25) is 13.1 Å². The molecule has 2 aromatic rings. The molecule has 0 N–H and O–H groups in total. The van der Waals surface area contributed by atoms with Gasteiger partial charge in [0.25, 0.3) is 0 Å². The number of rotatable bonds is 0. The third-order valence-electron chi connectivity index (χ3n) is 2.63. The molecule has 0 unspecified atom stereocenters. The van der Waals surface area contributed by atoms with Gasteiger partial charge >= 0.3 is 25.8 Å². The average Bonchev–Trinajstić information content (AvgIpc) is 2.81. The topological polar surface area (TPSA) is 0 Å². The summed E-state index contributed by atoms with van der Waals surface area (Å²) in [6.45, 7) is 12.9. The van der Waals surface area contributed by atoms with E-state index >= 15 is 0 Å². The Hall–Kier alpha value is 0.367. The van der Waals surface area contributed by atoms with Gasteiger partial charge < -0.3 is 24.8 Å². The molecule has 0 atom stereocenters. The molecular weight excluding hydrogens is 470 g/mol. The van der Waals surface area contributed by atoms with E-state index < -0.39 is 0 Å². The van der Waals surface area contributed by atoms with E-state index in [1.54, 1.807) is 0 Å². The van der Waals surface area contributed by atoms with Crippen LogP contribution in [0.15, 0.2) is 36.4 Å². The fraction of sp³-hybridized carbons (Fsp3) is 0.375. The summed E-state index contributed by atoms with van der Waals surface area (Å²) in [4.78, 5) is 0. The maximum absolute atomic E-state index is 2.21. The largest absolute Gasteiger partial charge is 4.00 e. The van der Waals surface area contributed by atoms with Crippen molar-refractivity contribution in [3.63, 3.8) is 0 Å². The van der Waals surface area contributed by atoms with Gasteiger partial charge in [0.05, 0.1) is 0 Å². The third-order valence-corrected chi connectivity index (χ3v) is 2.63. The number of hydrogen-bond donors (Lipinski definition) is 0. The quantitative estimate of drug-likeness (QED) is 0.311. The van der Waals surface area contributed by atoms with Crippen molar-refractivity contribution in [2.45, 2.75) is 40.8 Å². The summed E-state index contributed by atoms with van der Waals surface area (Å²) in [5, 5.41) is 0. The first-order chi connectivity index (χ1) is 8.02. The van der Waals surface area contributed by atoms with Crippen LogP contribution in [0.4, 0.5) is 0 Å². The molecule has 20 heavy (non-hydrogen) atoms. The van der Waals surface area contributed by atoms with Crippen molar-refractivity contribution in [2.75, 3.05) is 0 Å². The maximum atomic E-state index is 2.21. The molecule has 1 radical (unpaired) electrons. The molecule has 0 nitrogen and oxygen atoms in total. The van der Waals surface area contributed by atoms with Gasteiger partial charge in [-0.15, -0.1) is 0 Å². The van der Waals surface area contributed by atoms with Gasteiger partial charge in [0.2, 0.25) is 0 Å². The van der Waals surface area contributed by atoms with Crippen LogP contribution in [0.1, 0.15) is 22.3 Å². The van der Waals surface area contributed by atoms with E-state index in [0.29, 0.717) is 0 Å². The van der Waals surface area contributed by atoms with Gasteiger partial charge in [-0.05, 0) is 0 Å². The standard InChI is InChI=1S/2C7H9.C2H7Si.2ClH.Hf/c2*1-6-4-3-5-7(6)2;1-3-2;;;/h2*3-5H,1-2H3;3H,1-2H3;2*1H;/q2*-1;;;;+4/p-2. The van der Waals surface area contributed by atoms with E-state index in [1.807, 2.05) is 0 Å². The van der Waals surface area contributed by atoms with E-state index in [-0.39, 0.29) is 50.7 Å². The molecule has 0 saturated carbocycles. The molecule has 0 aliphatic carbocycles. The Kier molecular flexibility index (Phi) is 24.8. The minimum absolute atomic E-state index is 0. The molecule has 0 bridgehead atoms. The molecule has 2 rings (SSSR count). The summed E-state index contributed by atoms with van der Waals surface area (Å²) in [6, 6.07) is 12.6. The predicted octanol–water partition coefficient (Wildman–Crippen LogP) is -1.43. The Morgan fingerprint density at radius 2 is 1.05 bits per heavy atom. The molecule has 0 fully saturated rings. The fourth-order valence-corrected chi connectivity index (χ4v) is 1.20. The van der Waals surface area contributed by atoms with Crippen molar-refractivity contribution in [3.05, 3.63) is 58.7 Å².